The van der Waals surface area contributed by atoms with Crippen LogP contribution in [-0.4, -0.2) is 18.1 Å². The zero-order valence-corrected chi connectivity index (χ0v) is 18.9. The van der Waals surface area contributed by atoms with E-state index in [9.17, 15) is 0 Å². The van der Waals surface area contributed by atoms with Gasteiger partial charge in [0.2, 0.25) is 0 Å². The van der Waals surface area contributed by atoms with E-state index in [1.165, 1.54) is 5.56 Å². The van der Waals surface area contributed by atoms with Crippen LogP contribution in [0.3, 0.4) is 0 Å². The summed E-state index contributed by atoms with van der Waals surface area (Å²) in [6, 6.07) is 14.6. The third-order valence-electron chi connectivity index (χ3n) is 4.64. The minimum absolute atomic E-state index is 0.723. The fourth-order valence-corrected chi connectivity index (χ4v) is 3.12. The number of hydrogen-bond acceptors (Lipinski definition) is 3. The maximum atomic E-state index is 5.91. The molecule has 0 fully saturated rings. The van der Waals surface area contributed by atoms with Crippen LogP contribution in [0, 0.1) is 0 Å². The third-order valence-corrected chi connectivity index (χ3v) is 5.01. The Morgan fingerprint density at radius 3 is 1.93 bits per heavy atom. The van der Waals surface area contributed by atoms with Gasteiger partial charge in [-0.25, -0.2) is 0 Å². The minimum Gasteiger partial charge on any atom is -0.493 e. The Bertz CT molecular complexity index is 750. The van der Waals surface area contributed by atoms with Gasteiger partial charge in [-0.05, 0) is 54.2 Å². The van der Waals surface area contributed by atoms with Crippen LogP contribution < -0.4 is 9.47 Å². The molecule has 0 saturated carbocycles. The van der Waals surface area contributed by atoms with Crippen LogP contribution in [-0.2, 0) is 6.42 Å². The lowest BCUT2D eigenvalue weighted by atomic mass is 10.1. The molecule has 2 aromatic carbocycles. The zero-order chi connectivity index (χ0) is 20.9. The SMILES string of the molecule is CCCCOc1cc(C=CC(=S)c2ccc(CCC)cc2)cc(OCCCC)c1. The molecular weight excluding hydrogens is 376 g/mol. The van der Waals surface area contributed by atoms with Gasteiger partial charge in [0.25, 0.3) is 0 Å². The van der Waals surface area contributed by atoms with Crippen molar-refractivity contribution in [3.63, 3.8) is 0 Å². The summed E-state index contributed by atoms with van der Waals surface area (Å²) in [4.78, 5) is 0.832. The highest BCUT2D eigenvalue weighted by Gasteiger charge is 2.04. The van der Waals surface area contributed by atoms with Crippen molar-refractivity contribution >= 4 is 23.2 Å². The van der Waals surface area contributed by atoms with Crippen LogP contribution in [0.5, 0.6) is 11.5 Å². The highest BCUT2D eigenvalue weighted by molar-refractivity contribution is 7.81. The first-order valence-electron chi connectivity index (χ1n) is 10.9. The molecule has 0 aliphatic heterocycles. The second-order valence-corrected chi connectivity index (χ2v) is 7.73. The molecule has 0 unspecified atom stereocenters. The smallest absolute Gasteiger partial charge is 0.123 e. The second kappa shape index (κ2) is 13.2. The van der Waals surface area contributed by atoms with Crippen LogP contribution in [0.1, 0.15) is 69.6 Å². The Hall–Kier alpha value is -2.13. The zero-order valence-electron chi connectivity index (χ0n) is 18.1. The Labute approximate surface area is 181 Å². The van der Waals surface area contributed by atoms with Crippen molar-refractivity contribution in [2.45, 2.75) is 59.3 Å². The predicted molar refractivity (Wildman–Crippen MR) is 128 cm³/mol. The van der Waals surface area contributed by atoms with E-state index in [1.807, 2.05) is 30.4 Å². The van der Waals surface area contributed by atoms with Crippen molar-refractivity contribution in [1.82, 2.24) is 0 Å². The molecule has 0 atom stereocenters. The molecule has 0 radical (unpaired) electrons. The topological polar surface area (TPSA) is 18.5 Å². The maximum absolute atomic E-state index is 5.91. The molecule has 0 spiro atoms. The van der Waals surface area contributed by atoms with Crippen LogP contribution >= 0.6 is 12.2 Å². The summed E-state index contributed by atoms with van der Waals surface area (Å²) in [7, 11) is 0. The summed E-state index contributed by atoms with van der Waals surface area (Å²) >= 11 is 5.62. The van der Waals surface area contributed by atoms with Gasteiger partial charge in [0.05, 0.1) is 13.2 Å². The van der Waals surface area contributed by atoms with E-state index in [-0.39, 0.29) is 0 Å². The molecule has 29 heavy (non-hydrogen) atoms. The minimum atomic E-state index is 0.723. The fourth-order valence-electron chi connectivity index (χ4n) is 2.92. The molecule has 0 aliphatic rings. The van der Waals surface area contributed by atoms with Gasteiger partial charge in [-0.15, -0.1) is 0 Å². The van der Waals surface area contributed by atoms with Crippen LogP contribution in [0.4, 0.5) is 0 Å². The molecule has 2 aromatic rings. The number of ether oxygens (including phenoxy) is 2. The van der Waals surface area contributed by atoms with Crippen molar-refractivity contribution in [3.05, 3.63) is 65.2 Å². The van der Waals surface area contributed by atoms with E-state index in [0.29, 0.717) is 0 Å². The lowest BCUT2D eigenvalue weighted by Crippen LogP contribution is -2.00. The van der Waals surface area contributed by atoms with Crippen molar-refractivity contribution < 1.29 is 9.47 Å². The van der Waals surface area contributed by atoms with E-state index in [1.54, 1.807) is 0 Å². The Kier molecular flexibility index (Phi) is 10.5. The Balaban J connectivity index is 2.11. The van der Waals surface area contributed by atoms with Gasteiger partial charge >= 0.3 is 0 Å². The molecule has 0 aliphatic carbocycles. The van der Waals surface area contributed by atoms with Gasteiger partial charge in [0, 0.05) is 10.9 Å². The van der Waals surface area contributed by atoms with E-state index in [0.717, 1.165) is 79.2 Å². The van der Waals surface area contributed by atoms with Gasteiger partial charge in [0.15, 0.2) is 0 Å². The van der Waals surface area contributed by atoms with Gasteiger partial charge < -0.3 is 9.47 Å². The van der Waals surface area contributed by atoms with Crippen LogP contribution in [0.15, 0.2) is 48.5 Å². The number of hydrogen-bond donors (Lipinski definition) is 0. The molecule has 0 saturated heterocycles. The van der Waals surface area contributed by atoms with Gasteiger partial charge in [0.1, 0.15) is 11.5 Å². The molecule has 2 nitrogen and oxygen atoms in total. The summed E-state index contributed by atoms with van der Waals surface area (Å²) in [5, 5.41) is 0. The Morgan fingerprint density at radius 1 is 0.828 bits per heavy atom. The normalized spacial score (nSPS) is 11.0. The number of thiocarbonyl (C=S) groups is 1. The average Bonchev–Trinajstić information content (AvgIpc) is 2.73. The molecule has 156 valence electrons. The van der Waals surface area contributed by atoms with Crippen molar-refractivity contribution in [1.29, 1.82) is 0 Å². The Morgan fingerprint density at radius 2 is 1.41 bits per heavy atom. The average molecular weight is 411 g/mol. The standard InChI is InChI=1S/C26H34O2S/c1-4-7-16-27-24-18-22(19-25(20-24)28-17-8-5-2)12-15-26(29)23-13-10-21(9-6-3)11-14-23/h10-15,18-20H,4-9,16-17H2,1-3H3. The maximum Gasteiger partial charge on any atom is 0.123 e. The molecule has 0 heterocycles. The molecule has 2 rings (SSSR count). The largest absolute Gasteiger partial charge is 0.493 e. The fraction of sp³-hybridized carbons (Fsp3) is 0.423. The first-order valence-corrected chi connectivity index (χ1v) is 11.3. The number of benzene rings is 2. The van der Waals surface area contributed by atoms with Crippen molar-refractivity contribution in [2.75, 3.05) is 13.2 Å². The van der Waals surface area contributed by atoms with Gasteiger partial charge in [-0.2, -0.15) is 0 Å². The summed E-state index contributed by atoms with van der Waals surface area (Å²) in [6.07, 6.45) is 10.6. The first-order chi connectivity index (χ1) is 14.2. The monoisotopic (exact) mass is 410 g/mol. The van der Waals surface area contributed by atoms with E-state index >= 15 is 0 Å². The third kappa shape index (κ3) is 8.41. The summed E-state index contributed by atoms with van der Waals surface area (Å²) < 4.78 is 11.8. The second-order valence-electron chi connectivity index (χ2n) is 7.29. The molecule has 0 amide bonds. The van der Waals surface area contributed by atoms with Gasteiger partial charge in [-0.1, -0.05) is 82.6 Å². The summed E-state index contributed by atoms with van der Waals surface area (Å²) in [5.74, 6) is 1.70. The van der Waals surface area contributed by atoms with E-state index < -0.39 is 0 Å². The van der Waals surface area contributed by atoms with E-state index in [2.05, 4.69) is 45.0 Å². The lowest BCUT2D eigenvalue weighted by molar-refractivity contribution is 0.294. The number of aryl methyl sites for hydroxylation is 1. The number of unbranched alkanes of at least 4 members (excludes halogenated alkanes) is 2. The highest BCUT2D eigenvalue weighted by Crippen LogP contribution is 2.25. The molecule has 0 N–H and O–H groups in total. The number of rotatable bonds is 13. The quantitative estimate of drug-likeness (QED) is 0.148. The van der Waals surface area contributed by atoms with Crippen LogP contribution in [0.2, 0.25) is 0 Å². The van der Waals surface area contributed by atoms with E-state index in [4.69, 9.17) is 21.7 Å². The molecule has 3 heteroatoms. The predicted octanol–water partition coefficient (Wildman–Crippen LogP) is 7.43. The molecular formula is C26H34O2S. The van der Waals surface area contributed by atoms with Crippen molar-refractivity contribution in [2.24, 2.45) is 0 Å². The van der Waals surface area contributed by atoms with Gasteiger partial charge in [-0.3, -0.25) is 0 Å². The van der Waals surface area contributed by atoms with Crippen molar-refractivity contribution in [3.8, 4) is 11.5 Å². The number of allylic oxidation sites excluding steroid dienone is 1. The highest BCUT2D eigenvalue weighted by atomic mass is 32.1. The first kappa shape index (κ1) is 23.2. The molecule has 0 aromatic heterocycles. The summed E-state index contributed by atoms with van der Waals surface area (Å²) in [5.41, 5.74) is 3.47. The molecule has 0 bridgehead atoms. The van der Waals surface area contributed by atoms with Crippen LogP contribution in [0.25, 0.3) is 6.08 Å². The lowest BCUT2D eigenvalue weighted by Gasteiger charge is -2.11. The summed E-state index contributed by atoms with van der Waals surface area (Å²) in [6.45, 7) is 7.97.